The Kier molecular flexibility index (Phi) is 3.25. The number of urea groups is 1. The van der Waals surface area contributed by atoms with Gasteiger partial charge in [-0.2, -0.15) is 0 Å². The lowest BCUT2D eigenvalue weighted by Gasteiger charge is -2.37. The summed E-state index contributed by atoms with van der Waals surface area (Å²) in [6, 6.07) is -0.531. The summed E-state index contributed by atoms with van der Waals surface area (Å²) in [5.74, 6) is -0.764. The number of hydrogen-bond acceptors (Lipinski definition) is 5. The maximum Gasteiger partial charge on any atom is 0.322 e. The van der Waals surface area contributed by atoms with Crippen molar-refractivity contribution in [2.45, 2.75) is 18.4 Å². The van der Waals surface area contributed by atoms with Crippen LogP contribution in [0.3, 0.4) is 0 Å². The first kappa shape index (κ1) is 13.7. The van der Waals surface area contributed by atoms with E-state index < -0.39 is 17.5 Å². The van der Waals surface area contributed by atoms with Crippen LogP contribution in [0.5, 0.6) is 0 Å². The molecule has 3 heterocycles. The summed E-state index contributed by atoms with van der Waals surface area (Å²) in [7, 11) is 0. The zero-order valence-corrected chi connectivity index (χ0v) is 11.7. The van der Waals surface area contributed by atoms with Gasteiger partial charge in [0.15, 0.2) is 0 Å². The highest BCUT2D eigenvalue weighted by molar-refractivity contribution is 6.29. The Labute approximate surface area is 124 Å². The minimum atomic E-state index is -1.04. The third kappa shape index (κ3) is 2.42. The van der Waals surface area contributed by atoms with E-state index in [0.29, 0.717) is 19.4 Å². The molecule has 8 nitrogen and oxygen atoms in total. The second kappa shape index (κ2) is 4.96. The van der Waals surface area contributed by atoms with E-state index >= 15 is 0 Å². The summed E-state index contributed by atoms with van der Waals surface area (Å²) in [5, 5.41) is 4.95. The molecule has 0 saturated carbocycles. The number of likely N-dealkylation sites (tertiary alicyclic amines) is 1. The van der Waals surface area contributed by atoms with Gasteiger partial charge in [-0.05, 0) is 12.8 Å². The number of nitrogens with one attached hydrogen (secondary N) is 2. The zero-order chi connectivity index (χ0) is 15.0. The Hall–Kier alpha value is -2.22. The summed E-state index contributed by atoms with van der Waals surface area (Å²) in [6.45, 7) is 0.593. The number of carbonyl (C=O) groups excluding carboxylic acids is 3. The average molecular weight is 310 g/mol. The van der Waals surface area contributed by atoms with E-state index in [9.17, 15) is 14.4 Å². The molecule has 21 heavy (non-hydrogen) atoms. The molecule has 1 aromatic heterocycles. The number of aromatic nitrogens is 2. The Morgan fingerprint density at radius 2 is 2.19 bits per heavy atom. The van der Waals surface area contributed by atoms with Crippen LogP contribution >= 0.6 is 11.6 Å². The van der Waals surface area contributed by atoms with Gasteiger partial charge in [0, 0.05) is 6.54 Å². The monoisotopic (exact) mass is 309 g/mol. The molecule has 1 spiro atoms. The Bertz CT molecular complexity index is 637. The maximum absolute atomic E-state index is 12.4. The fraction of sp³-hybridized carbons (Fsp3) is 0.417. The number of rotatable bonds is 1. The van der Waals surface area contributed by atoms with Crippen molar-refractivity contribution in [3.63, 3.8) is 0 Å². The van der Waals surface area contributed by atoms with Gasteiger partial charge in [-0.15, -0.1) is 0 Å². The summed E-state index contributed by atoms with van der Waals surface area (Å²) >= 11 is 5.73. The summed E-state index contributed by atoms with van der Waals surface area (Å²) in [4.78, 5) is 44.9. The quantitative estimate of drug-likeness (QED) is 0.707. The molecule has 2 aliphatic heterocycles. The molecule has 0 bridgehead atoms. The number of hydrogen-bond donors (Lipinski definition) is 2. The first-order chi connectivity index (χ1) is 10.00. The lowest BCUT2D eigenvalue weighted by molar-refractivity contribution is -0.125. The van der Waals surface area contributed by atoms with Crippen molar-refractivity contribution in [2.24, 2.45) is 0 Å². The molecule has 2 fully saturated rings. The van der Waals surface area contributed by atoms with Crippen molar-refractivity contribution in [3.05, 3.63) is 23.2 Å². The van der Waals surface area contributed by atoms with E-state index in [-0.39, 0.29) is 23.3 Å². The molecule has 1 unspecified atom stereocenters. The fourth-order valence-corrected chi connectivity index (χ4v) is 2.80. The summed E-state index contributed by atoms with van der Waals surface area (Å²) in [6.07, 6.45) is 3.76. The number of amides is 4. The fourth-order valence-electron chi connectivity index (χ4n) is 2.65. The average Bonchev–Trinajstić information content (AvgIpc) is 2.72. The molecule has 1 atom stereocenters. The lowest BCUT2D eigenvalue weighted by Crippen LogP contribution is -2.59. The molecular weight excluding hydrogens is 298 g/mol. The highest BCUT2D eigenvalue weighted by Gasteiger charge is 2.49. The van der Waals surface area contributed by atoms with E-state index in [1.807, 2.05) is 0 Å². The molecule has 2 aliphatic rings. The van der Waals surface area contributed by atoms with Crippen LogP contribution in [0.15, 0.2) is 12.4 Å². The van der Waals surface area contributed by atoms with E-state index in [0.717, 1.165) is 0 Å². The van der Waals surface area contributed by atoms with Crippen LogP contribution in [0.25, 0.3) is 0 Å². The highest BCUT2D eigenvalue weighted by atomic mass is 35.5. The van der Waals surface area contributed by atoms with Crippen LogP contribution in [-0.2, 0) is 4.79 Å². The first-order valence-electron chi connectivity index (χ1n) is 6.41. The summed E-state index contributed by atoms with van der Waals surface area (Å²) < 4.78 is 0. The van der Waals surface area contributed by atoms with Crippen molar-refractivity contribution in [1.82, 2.24) is 25.5 Å². The standard InChI is InChI=1S/C12H12ClN5O3/c13-8-5-14-4-7(15-8)9(19)18-3-1-2-12(6-18)10(20)16-11(21)17-12/h4-5H,1-3,6H2,(H2,16,17,20,21). The van der Waals surface area contributed by atoms with Crippen molar-refractivity contribution >= 4 is 29.4 Å². The van der Waals surface area contributed by atoms with Crippen molar-refractivity contribution < 1.29 is 14.4 Å². The minimum Gasteiger partial charge on any atom is -0.334 e. The van der Waals surface area contributed by atoms with Gasteiger partial charge in [0.25, 0.3) is 11.8 Å². The van der Waals surface area contributed by atoms with Gasteiger partial charge >= 0.3 is 6.03 Å². The largest absolute Gasteiger partial charge is 0.334 e. The van der Waals surface area contributed by atoms with Gasteiger partial charge < -0.3 is 10.2 Å². The normalized spacial score (nSPS) is 24.9. The third-order valence-corrected chi connectivity index (χ3v) is 3.80. The molecule has 0 aromatic carbocycles. The number of piperidine rings is 1. The Morgan fingerprint density at radius 3 is 2.86 bits per heavy atom. The van der Waals surface area contributed by atoms with Crippen LogP contribution in [0.4, 0.5) is 4.79 Å². The lowest BCUT2D eigenvalue weighted by atomic mass is 9.89. The SMILES string of the molecule is O=C1NC(=O)C2(CCCN(C(=O)c3cncc(Cl)n3)C2)N1. The molecule has 0 radical (unpaired) electrons. The molecule has 9 heteroatoms. The van der Waals surface area contributed by atoms with Gasteiger partial charge in [0.2, 0.25) is 0 Å². The van der Waals surface area contributed by atoms with Gasteiger partial charge in [-0.25, -0.2) is 9.78 Å². The molecular formula is C12H12ClN5O3. The van der Waals surface area contributed by atoms with Crippen LogP contribution < -0.4 is 10.6 Å². The predicted molar refractivity (Wildman–Crippen MR) is 71.6 cm³/mol. The molecule has 4 amide bonds. The van der Waals surface area contributed by atoms with Crippen LogP contribution in [-0.4, -0.2) is 51.3 Å². The molecule has 1 aromatic rings. The van der Waals surface area contributed by atoms with E-state index in [4.69, 9.17) is 11.6 Å². The van der Waals surface area contributed by atoms with E-state index in [2.05, 4.69) is 20.6 Å². The van der Waals surface area contributed by atoms with Crippen molar-refractivity contribution in [3.8, 4) is 0 Å². The van der Waals surface area contributed by atoms with Gasteiger partial charge in [0.05, 0.1) is 18.9 Å². The minimum absolute atomic E-state index is 0.109. The molecule has 2 saturated heterocycles. The topological polar surface area (TPSA) is 104 Å². The van der Waals surface area contributed by atoms with Gasteiger partial charge in [0.1, 0.15) is 16.4 Å². The number of imide groups is 1. The number of halogens is 1. The second-order valence-electron chi connectivity index (χ2n) is 5.05. The van der Waals surface area contributed by atoms with Crippen molar-refractivity contribution in [1.29, 1.82) is 0 Å². The maximum atomic E-state index is 12.4. The molecule has 2 N–H and O–H groups in total. The smallest absolute Gasteiger partial charge is 0.322 e. The zero-order valence-electron chi connectivity index (χ0n) is 10.9. The molecule has 0 aliphatic carbocycles. The van der Waals surface area contributed by atoms with Crippen LogP contribution in [0, 0.1) is 0 Å². The molecule has 3 rings (SSSR count). The van der Waals surface area contributed by atoms with Gasteiger partial charge in [-0.1, -0.05) is 11.6 Å². The first-order valence-corrected chi connectivity index (χ1v) is 6.78. The van der Waals surface area contributed by atoms with E-state index in [1.54, 1.807) is 0 Å². The Balaban J connectivity index is 1.82. The molecule has 110 valence electrons. The van der Waals surface area contributed by atoms with Crippen LogP contribution in [0.1, 0.15) is 23.3 Å². The number of carbonyl (C=O) groups is 3. The van der Waals surface area contributed by atoms with E-state index in [1.165, 1.54) is 17.3 Å². The van der Waals surface area contributed by atoms with Gasteiger partial charge in [-0.3, -0.25) is 19.9 Å². The predicted octanol–water partition coefficient (Wildman–Crippen LogP) is -0.0558. The Morgan fingerprint density at radius 1 is 1.38 bits per heavy atom. The van der Waals surface area contributed by atoms with Crippen molar-refractivity contribution in [2.75, 3.05) is 13.1 Å². The van der Waals surface area contributed by atoms with Crippen LogP contribution in [0.2, 0.25) is 5.15 Å². The highest BCUT2D eigenvalue weighted by Crippen LogP contribution is 2.25. The number of nitrogens with zero attached hydrogens (tertiary/aromatic N) is 3. The third-order valence-electron chi connectivity index (χ3n) is 3.62. The second-order valence-corrected chi connectivity index (χ2v) is 5.43. The summed E-state index contributed by atoms with van der Waals surface area (Å²) in [5.41, 5.74) is -0.930.